The molecule has 0 saturated heterocycles. The Balaban J connectivity index is 1.84. The second-order valence-electron chi connectivity index (χ2n) is 9.83. The molecule has 0 bridgehead atoms. The summed E-state index contributed by atoms with van der Waals surface area (Å²) in [6.07, 6.45) is 2.69. The molecule has 0 heterocycles. The molecule has 27 heavy (non-hydrogen) atoms. The second kappa shape index (κ2) is 5.67. The van der Waals surface area contributed by atoms with Crippen LogP contribution >= 0.6 is 12.6 Å². The van der Waals surface area contributed by atoms with Crippen molar-refractivity contribution in [3.05, 3.63) is 11.6 Å². The molecule has 3 fully saturated rings. The third-order valence-electron chi connectivity index (χ3n) is 8.95. The van der Waals surface area contributed by atoms with Crippen LogP contribution in [0.4, 0.5) is 4.39 Å². The van der Waals surface area contributed by atoms with Gasteiger partial charge in [-0.25, -0.2) is 4.39 Å². The van der Waals surface area contributed by atoms with Crippen LogP contribution in [0.2, 0.25) is 0 Å². The third-order valence-corrected chi connectivity index (χ3v) is 9.29. The van der Waals surface area contributed by atoms with E-state index in [0.717, 1.165) is 5.57 Å². The summed E-state index contributed by atoms with van der Waals surface area (Å²) in [7, 11) is 0. The van der Waals surface area contributed by atoms with Gasteiger partial charge in [0.05, 0.1) is 6.10 Å². The highest BCUT2D eigenvalue weighted by Gasteiger charge is 2.75. The Labute approximate surface area is 165 Å². The first kappa shape index (κ1) is 19.6. The minimum absolute atomic E-state index is 0.0224. The fraction of sp³-hybridized carbons (Fsp3) is 0.810. The molecule has 2 N–H and O–H groups in total. The first-order valence-corrected chi connectivity index (χ1v) is 10.4. The zero-order chi connectivity index (χ0) is 20.0. The van der Waals surface area contributed by atoms with Crippen molar-refractivity contribution >= 4 is 23.5 Å². The van der Waals surface area contributed by atoms with Gasteiger partial charge in [0.2, 0.25) is 5.12 Å². The summed E-state index contributed by atoms with van der Waals surface area (Å²) in [4.78, 5) is 24.2. The topological polar surface area (TPSA) is 74.6 Å². The van der Waals surface area contributed by atoms with E-state index in [1.54, 1.807) is 6.08 Å². The first-order valence-electron chi connectivity index (χ1n) is 9.99. The lowest BCUT2D eigenvalue weighted by molar-refractivity contribution is -0.226. The number of hydrogen-bond acceptors (Lipinski definition) is 4. The Hall–Kier alpha value is -0.720. The van der Waals surface area contributed by atoms with Gasteiger partial charge in [-0.1, -0.05) is 26.3 Å². The van der Waals surface area contributed by atoms with Crippen molar-refractivity contribution in [1.29, 1.82) is 0 Å². The van der Waals surface area contributed by atoms with E-state index in [2.05, 4.69) is 12.6 Å². The molecule has 150 valence electrons. The van der Waals surface area contributed by atoms with Gasteiger partial charge >= 0.3 is 0 Å². The monoisotopic (exact) mass is 396 g/mol. The summed E-state index contributed by atoms with van der Waals surface area (Å²) in [5, 5.41) is 21.8. The quantitative estimate of drug-likeness (QED) is 0.596. The largest absolute Gasteiger partial charge is 0.390 e. The minimum atomic E-state index is -1.85. The molecule has 0 aromatic rings. The predicted octanol–water partition coefficient (Wildman–Crippen LogP) is 3.01. The zero-order valence-corrected chi connectivity index (χ0v) is 17.1. The van der Waals surface area contributed by atoms with Gasteiger partial charge in [-0.3, -0.25) is 9.59 Å². The van der Waals surface area contributed by atoms with Crippen LogP contribution in [0.15, 0.2) is 11.6 Å². The van der Waals surface area contributed by atoms with Crippen LogP contribution in [0.3, 0.4) is 0 Å². The van der Waals surface area contributed by atoms with Gasteiger partial charge in [-0.05, 0) is 50.0 Å². The minimum Gasteiger partial charge on any atom is -0.390 e. The van der Waals surface area contributed by atoms with Crippen LogP contribution in [0, 0.1) is 28.6 Å². The molecule has 0 aromatic carbocycles. The highest BCUT2D eigenvalue weighted by Crippen LogP contribution is 2.71. The third kappa shape index (κ3) is 2.07. The van der Waals surface area contributed by atoms with E-state index in [1.165, 1.54) is 0 Å². The molecule has 0 radical (unpaired) electrons. The number of carbonyl (C=O) groups is 2. The Kier molecular flexibility index (Phi) is 4.11. The van der Waals surface area contributed by atoms with Crippen molar-refractivity contribution in [2.75, 3.05) is 0 Å². The number of fused-ring (bicyclic) bond motifs is 5. The van der Waals surface area contributed by atoms with Crippen LogP contribution in [-0.4, -0.2) is 38.5 Å². The number of halogens is 1. The number of hydrogen-bond donors (Lipinski definition) is 3. The molecule has 0 amide bonds. The van der Waals surface area contributed by atoms with E-state index in [0.29, 0.717) is 32.1 Å². The Bertz CT molecular complexity index is 752. The first-order chi connectivity index (χ1) is 12.4. The maximum atomic E-state index is 16.9. The molecule has 4 aliphatic carbocycles. The molecule has 3 saturated carbocycles. The molecule has 4 nitrogen and oxygen atoms in total. The van der Waals surface area contributed by atoms with Crippen molar-refractivity contribution in [3.8, 4) is 0 Å². The van der Waals surface area contributed by atoms with Gasteiger partial charge < -0.3 is 10.2 Å². The van der Waals surface area contributed by atoms with Crippen molar-refractivity contribution < 1.29 is 24.2 Å². The smallest absolute Gasteiger partial charge is 0.218 e. The van der Waals surface area contributed by atoms with Crippen molar-refractivity contribution in [1.82, 2.24) is 0 Å². The van der Waals surface area contributed by atoms with Gasteiger partial charge in [-0.15, -0.1) is 12.6 Å². The van der Waals surface area contributed by atoms with E-state index in [1.807, 2.05) is 20.8 Å². The number of aliphatic hydroxyl groups excluding tert-OH is 1. The molecule has 8 unspecified atom stereocenters. The Morgan fingerprint density at radius 2 is 1.96 bits per heavy atom. The van der Waals surface area contributed by atoms with Gasteiger partial charge in [0, 0.05) is 23.2 Å². The summed E-state index contributed by atoms with van der Waals surface area (Å²) in [6, 6.07) is 0. The summed E-state index contributed by atoms with van der Waals surface area (Å²) < 4.78 is 16.9. The SMILES string of the molecule is CC1CC2C3CCC4=CC(=O)CCC4(C)C3(F)C(O)CC2(C)C1(O)C(=O)S. The average Bonchev–Trinajstić information content (AvgIpc) is 2.79. The Morgan fingerprint density at radius 1 is 1.30 bits per heavy atom. The average molecular weight is 397 g/mol. The van der Waals surface area contributed by atoms with Crippen LogP contribution in [-0.2, 0) is 9.59 Å². The highest BCUT2D eigenvalue weighted by molar-refractivity contribution is 7.96. The molecule has 0 aromatic heterocycles. The fourth-order valence-corrected chi connectivity index (χ4v) is 7.84. The van der Waals surface area contributed by atoms with E-state index in [-0.39, 0.29) is 24.0 Å². The lowest BCUT2D eigenvalue weighted by Gasteiger charge is -2.63. The molecule has 4 aliphatic rings. The van der Waals surface area contributed by atoms with Gasteiger partial charge in [0.25, 0.3) is 0 Å². The number of carbonyl (C=O) groups excluding carboxylic acids is 2. The lowest BCUT2D eigenvalue weighted by Crippen LogP contribution is -2.69. The van der Waals surface area contributed by atoms with Gasteiger partial charge in [-0.2, -0.15) is 0 Å². The Morgan fingerprint density at radius 3 is 2.59 bits per heavy atom. The number of allylic oxidation sites excluding steroid dienone is 1. The molecular formula is C21H29FO4S. The zero-order valence-electron chi connectivity index (χ0n) is 16.2. The number of rotatable bonds is 1. The number of thiol groups is 1. The van der Waals surface area contributed by atoms with Crippen molar-refractivity contribution in [3.63, 3.8) is 0 Å². The standard InChI is InChI=1S/C21H29FO4S/c1-11-8-15-14-5-4-12-9-13(23)6-7-18(12,2)20(14,22)16(24)10-19(15,3)21(11,26)17(25)27/h9,11,14-16,24,26H,4-8,10H2,1-3H3,(H,25,27). The van der Waals surface area contributed by atoms with E-state index in [9.17, 15) is 19.8 Å². The second-order valence-corrected chi connectivity index (χ2v) is 10.2. The van der Waals surface area contributed by atoms with E-state index in [4.69, 9.17) is 0 Å². The lowest BCUT2D eigenvalue weighted by atomic mass is 9.44. The number of aliphatic hydroxyl groups is 2. The van der Waals surface area contributed by atoms with Crippen LogP contribution in [0.25, 0.3) is 0 Å². The molecule has 6 heteroatoms. The predicted molar refractivity (Wildman–Crippen MR) is 102 cm³/mol. The molecule has 4 rings (SSSR count). The summed E-state index contributed by atoms with van der Waals surface area (Å²) in [6.45, 7) is 5.48. The summed E-state index contributed by atoms with van der Waals surface area (Å²) >= 11 is 3.97. The summed E-state index contributed by atoms with van der Waals surface area (Å²) in [5.74, 6) is -0.974. The van der Waals surface area contributed by atoms with Crippen LogP contribution < -0.4 is 0 Å². The van der Waals surface area contributed by atoms with Crippen LogP contribution in [0.5, 0.6) is 0 Å². The van der Waals surface area contributed by atoms with Gasteiger partial charge in [0.1, 0.15) is 11.3 Å². The molecule has 0 aliphatic heterocycles. The van der Waals surface area contributed by atoms with Crippen LogP contribution in [0.1, 0.15) is 59.3 Å². The van der Waals surface area contributed by atoms with E-state index >= 15 is 4.39 Å². The highest BCUT2D eigenvalue weighted by atomic mass is 32.1. The normalized spacial score (nSPS) is 54.6. The van der Waals surface area contributed by atoms with Crippen molar-refractivity contribution in [2.45, 2.75) is 76.7 Å². The van der Waals surface area contributed by atoms with Gasteiger partial charge in [0.15, 0.2) is 5.78 Å². The fourth-order valence-electron chi connectivity index (χ4n) is 7.36. The molecular weight excluding hydrogens is 367 g/mol. The summed E-state index contributed by atoms with van der Waals surface area (Å²) in [5.41, 5.74) is -4.49. The van der Waals surface area contributed by atoms with E-state index < -0.39 is 39.2 Å². The molecule has 8 atom stereocenters. The molecule has 0 spiro atoms. The maximum Gasteiger partial charge on any atom is 0.218 e. The maximum absolute atomic E-state index is 16.9. The number of ketones is 1. The number of alkyl halides is 1. The van der Waals surface area contributed by atoms with Crippen molar-refractivity contribution in [2.24, 2.45) is 28.6 Å².